The lowest BCUT2D eigenvalue weighted by Gasteiger charge is -2.13. The molecule has 2 aromatic carbocycles. The molecule has 3 aromatic rings. The van der Waals surface area contributed by atoms with Crippen LogP contribution in [0.1, 0.15) is 11.1 Å². The van der Waals surface area contributed by atoms with E-state index in [0.717, 1.165) is 5.56 Å². The van der Waals surface area contributed by atoms with Crippen LogP contribution < -0.4 is 15.4 Å². The van der Waals surface area contributed by atoms with Crippen LogP contribution in [0.4, 0.5) is 23.1 Å². The molecule has 0 aliphatic rings. The Kier molecular flexibility index (Phi) is 5.20. The van der Waals surface area contributed by atoms with E-state index in [-0.39, 0.29) is 0 Å². The molecule has 0 saturated carbocycles. The number of methoxy groups -OCH3 is 1. The highest BCUT2D eigenvalue weighted by atomic mass is 35.5. The van der Waals surface area contributed by atoms with Crippen molar-refractivity contribution < 1.29 is 4.74 Å². The lowest BCUT2D eigenvalue weighted by molar-refractivity contribution is 0.416. The molecule has 0 bridgehead atoms. The number of nitriles is 1. The number of ether oxygens (including phenoxy) is 1. The normalized spacial score (nSPS) is 10.1. The number of hydrogen-bond donors (Lipinski definition) is 2. The van der Waals surface area contributed by atoms with Crippen LogP contribution in [-0.2, 0) is 0 Å². The minimum Gasteiger partial charge on any atom is -0.495 e. The van der Waals surface area contributed by atoms with E-state index in [0.29, 0.717) is 39.5 Å². The summed E-state index contributed by atoms with van der Waals surface area (Å²) in [7, 11) is 1.57. The Bertz CT molecular complexity index is 984. The second-order valence-electron chi connectivity index (χ2n) is 5.47. The number of halogens is 1. The Hall–Kier alpha value is -3.30. The molecular formula is C19H16ClN5O. The van der Waals surface area contributed by atoms with Crippen LogP contribution in [0.25, 0.3) is 0 Å². The zero-order chi connectivity index (χ0) is 18.5. The highest BCUT2D eigenvalue weighted by Gasteiger charge is 2.09. The summed E-state index contributed by atoms with van der Waals surface area (Å²) in [5.74, 6) is 1.55. The summed E-state index contributed by atoms with van der Waals surface area (Å²) >= 11 is 6.14. The molecule has 3 rings (SSSR count). The number of aromatic nitrogens is 2. The van der Waals surface area contributed by atoms with Gasteiger partial charge in [-0.3, -0.25) is 0 Å². The Morgan fingerprint density at radius 1 is 1.12 bits per heavy atom. The highest BCUT2D eigenvalue weighted by molar-refractivity contribution is 6.31. The number of aryl methyl sites for hydroxylation is 1. The SMILES string of the molecule is COc1cc(Cl)c(C)cc1Nc1nccc(Nc2ccccc2C#N)n1. The van der Waals surface area contributed by atoms with Gasteiger partial charge in [0.2, 0.25) is 5.95 Å². The van der Waals surface area contributed by atoms with Gasteiger partial charge in [-0.2, -0.15) is 10.2 Å². The van der Waals surface area contributed by atoms with Gasteiger partial charge in [0.25, 0.3) is 0 Å². The summed E-state index contributed by atoms with van der Waals surface area (Å²) in [5, 5.41) is 16.1. The van der Waals surface area contributed by atoms with Crippen molar-refractivity contribution in [2.75, 3.05) is 17.7 Å². The number of hydrogen-bond acceptors (Lipinski definition) is 6. The Balaban J connectivity index is 1.87. The lowest BCUT2D eigenvalue weighted by atomic mass is 10.2. The van der Waals surface area contributed by atoms with Gasteiger partial charge >= 0.3 is 0 Å². The van der Waals surface area contributed by atoms with Gasteiger partial charge < -0.3 is 15.4 Å². The van der Waals surface area contributed by atoms with Crippen molar-refractivity contribution in [2.45, 2.75) is 6.92 Å². The third kappa shape index (κ3) is 3.85. The van der Waals surface area contributed by atoms with Crippen LogP contribution in [-0.4, -0.2) is 17.1 Å². The molecule has 0 fully saturated rings. The van der Waals surface area contributed by atoms with Crippen molar-refractivity contribution in [3.63, 3.8) is 0 Å². The number of rotatable bonds is 5. The third-order valence-corrected chi connectivity index (χ3v) is 4.10. The number of benzene rings is 2. The molecule has 1 aromatic heterocycles. The maximum atomic E-state index is 9.19. The van der Waals surface area contributed by atoms with Crippen LogP contribution in [0, 0.1) is 18.3 Å². The van der Waals surface area contributed by atoms with Gasteiger partial charge in [0.05, 0.1) is 24.0 Å². The summed E-state index contributed by atoms with van der Waals surface area (Å²) < 4.78 is 5.36. The topological polar surface area (TPSA) is 82.9 Å². The first-order valence-electron chi connectivity index (χ1n) is 7.81. The molecule has 0 radical (unpaired) electrons. The van der Waals surface area contributed by atoms with Crippen LogP contribution in [0.5, 0.6) is 5.75 Å². The van der Waals surface area contributed by atoms with Gasteiger partial charge in [0, 0.05) is 17.3 Å². The van der Waals surface area contributed by atoms with Crippen molar-refractivity contribution in [3.8, 4) is 11.8 Å². The monoisotopic (exact) mass is 365 g/mol. The largest absolute Gasteiger partial charge is 0.495 e. The summed E-state index contributed by atoms with van der Waals surface area (Å²) in [5.41, 5.74) is 2.84. The average Bonchev–Trinajstić information content (AvgIpc) is 2.65. The van der Waals surface area contributed by atoms with E-state index < -0.39 is 0 Å². The van der Waals surface area contributed by atoms with Crippen LogP contribution in [0.15, 0.2) is 48.7 Å². The molecular weight excluding hydrogens is 350 g/mol. The number of anilines is 4. The van der Waals surface area contributed by atoms with E-state index in [1.807, 2.05) is 31.2 Å². The molecule has 0 amide bonds. The molecule has 0 spiro atoms. The van der Waals surface area contributed by atoms with Crippen LogP contribution in [0.3, 0.4) is 0 Å². The van der Waals surface area contributed by atoms with E-state index in [1.54, 1.807) is 31.5 Å². The van der Waals surface area contributed by atoms with Gasteiger partial charge in [-0.05, 0) is 36.8 Å². The quantitative estimate of drug-likeness (QED) is 0.675. The molecule has 26 heavy (non-hydrogen) atoms. The first kappa shape index (κ1) is 17.5. The molecule has 0 aliphatic carbocycles. The molecule has 2 N–H and O–H groups in total. The van der Waals surface area contributed by atoms with E-state index in [9.17, 15) is 5.26 Å². The minimum atomic E-state index is 0.393. The summed E-state index contributed by atoms with van der Waals surface area (Å²) in [6.07, 6.45) is 1.63. The molecule has 130 valence electrons. The number of para-hydroxylation sites is 1. The van der Waals surface area contributed by atoms with E-state index >= 15 is 0 Å². The van der Waals surface area contributed by atoms with Gasteiger partial charge in [0.1, 0.15) is 17.6 Å². The van der Waals surface area contributed by atoms with E-state index in [2.05, 4.69) is 26.7 Å². The number of nitrogens with one attached hydrogen (secondary N) is 2. The van der Waals surface area contributed by atoms with Gasteiger partial charge in [-0.1, -0.05) is 23.7 Å². The van der Waals surface area contributed by atoms with Crippen molar-refractivity contribution in [3.05, 3.63) is 64.8 Å². The van der Waals surface area contributed by atoms with Gasteiger partial charge in [0.15, 0.2) is 0 Å². The fraction of sp³-hybridized carbons (Fsp3) is 0.105. The Labute approximate surface area is 156 Å². The van der Waals surface area contributed by atoms with E-state index in [4.69, 9.17) is 16.3 Å². The van der Waals surface area contributed by atoms with Gasteiger partial charge in [-0.25, -0.2) is 4.98 Å². The average molecular weight is 366 g/mol. The maximum absolute atomic E-state index is 9.19. The van der Waals surface area contributed by atoms with Crippen molar-refractivity contribution in [2.24, 2.45) is 0 Å². The minimum absolute atomic E-state index is 0.393. The fourth-order valence-electron chi connectivity index (χ4n) is 2.37. The maximum Gasteiger partial charge on any atom is 0.229 e. The predicted octanol–water partition coefficient (Wildman–Crippen LogP) is 4.81. The second kappa shape index (κ2) is 7.72. The predicted molar refractivity (Wildman–Crippen MR) is 102 cm³/mol. The molecule has 0 atom stereocenters. The molecule has 0 saturated heterocycles. The van der Waals surface area contributed by atoms with Crippen molar-refractivity contribution >= 4 is 34.7 Å². The van der Waals surface area contributed by atoms with Crippen molar-refractivity contribution in [1.29, 1.82) is 5.26 Å². The van der Waals surface area contributed by atoms with Crippen LogP contribution >= 0.6 is 11.6 Å². The first-order valence-corrected chi connectivity index (χ1v) is 8.19. The zero-order valence-electron chi connectivity index (χ0n) is 14.2. The first-order chi connectivity index (χ1) is 12.6. The molecule has 6 nitrogen and oxygen atoms in total. The summed E-state index contributed by atoms with van der Waals surface area (Å²) in [4.78, 5) is 8.67. The van der Waals surface area contributed by atoms with E-state index in [1.165, 1.54) is 0 Å². The smallest absolute Gasteiger partial charge is 0.229 e. The summed E-state index contributed by atoms with van der Waals surface area (Å²) in [6, 6.07) is 14.7. The van der Waals surface area contributed by atoms with Crippen LogP contribution in [0.2, 0.25) is 5.02 Å². The lowest BCUT2D eigenvalue weighted by Crippen LogP contribution is -2.02. The fourth-order valence-corrected chi connectivity index (χ4v) is 2.52. The van der Waals surface area contributed by atoms with Gasteiger partial charge in [-0.15, -0.1) is 0 Å². The van der Waals surface area contributed by atoms with Crippen molar-refractivity contribution in [1.82, 2.24) is 9.97 Å². The molecule has 1 heterocycles. The number of nitrogens with zero attached hydrogens (tertiary/aromatic N) is 3. The highest BCUT2D eigenvalue weighted by Crippen LogP contribution is 2.32. The molecule has 7 heteroatoms. The summed E-state index contributed by atoms with van der Waals surface area (Å²) in [6.45, 7) is 1.91. The second-order valence-corrected chi connectivity index (χ2v) is 5.88. The Morgan fingerprint density at radius 2 is 1.92 bits per heavy atom. The Morgan fingerprint density at radius 3 is 2.69 bits per heavy atom. The molecule has 0 unspecified atom stereocenters. The molecule has 0 aliphatic heterocycles. The third-order valence-electron chi connectivity index (χ3n) is 3.69. The zero-order valence-corrected chi connectivity index (χ0v) is 15.0. The standard InChI is InChI=1S/C19H16ClN5O/c1-12-9-16(17(26-2)10-14(12)20)24-19-22-8-7-18(25-19)23-15-6-4-3-5-13(15)11-21/h3-10H,1-2H3,(H2,22,23,24,25).